The molecular formula is C13H14BrNO3. The van der Waals surface area contributed by atoms with Crippen LogP contribution >= 0.6 is 15.9 Å². The van der Waals surface area contributed by atoms with E-state index in [-0.39, 0.29) is 0 Å². The molecule has 0 saturated carbocycles. The van der Waals surface area contributed by atoms with Gasteiger partial charge >= 0.3 is 0 Å². The smallest absolute Gasteiger partial charge is 0.175 e. The first-order valence-corrected chi connectivity index (χ1v) is 6.52. The molecule has 1 heterocycles. The maximum atomic E-state index is 8.89. The summed E-state index contributed by atoms with van der Waals surface area (Å²) in [5, 5.41) is 8.89. The van der Waals surface area contributed by atoms with E-state index in [1.54, 1.807) is 19.2 Å². The predicted molar refractivity (Wildman–Crippen MR) is 69.8 cm³/mol. The summed E-state index contributed by atoms with van der Waals surface area (Å²) in [6, 6.07) is 5.48. The number of ether oxygens (including phenoxy) is 3. The zero-order valence-corrected chi connectivity index (χ0v) is 11.7. The highest BCUT2D eigenvalue weighted by molar-refractivity contribution is 9.10. The van der Waals surface area contributed by atoms with E-state index in [4.69, 9.17) is 19.5 Å². The third kappa shape index (κ3) is 2.95. The number of nitrogens with zero attached hydrogens (tertiary/aromatic N) is 1. The molecular weight excluding hydrogens is 298 g/mol. The van der Waals surface area contributed by atoms with Crippen molar-refractivity contribution in [3.05, 3.63) is 22.2 Å². The van der Waals surface area contributed by atoms with Crippen LogP contribution in [0, 0.1) is 17.2 Å². The molecule has 96 valence electrons. The second-order valence-electron chi connectivity index (χ2n) is 4.14. The van der Waals surface area contributed by atoms with Gasteiger partial charge in [0.15, 0.2) is 11.5 Å². The van der Waals surface area contributed by atoms with E-state index in [0.717, 1.165) is 24.1 Å². The van der Waals surface area contributed by atoms with Gasteiger partial charge in [0.1, 0.15) is 0 Å². The van der Waals surface area contributed by atoms with Crippen LogP contribution in [-0.2, 0) is 4.74 Å². The maximum absolute atomic E-state index is 8.89. The lowest BCUT2D eigenvalue weighted by molar-refractivity contribution is 0.165. The van der Waals surface area contributed by atoms with Crippen LogP contribution in [0.2, 0.25) is 0 Å². The van der Waals surface area contributed by atoms with Crippen LogP contribution in [0.5, 0.6) is 11.5 Å². The Morgan fingerprint density at radius 1 is 1.56 bits per heavy atom. The van der Waals surface area contributed by atoms with Gasteiger partial charge in [0.25, 0.3) is 0 Å². The number of hydrogen-bond donors (Lipinski definition) is 0. The summed E-state index contributed by atoms with van der Waals surface area (Å²) < 4.78 is 17.1. The van der Waals surface area contributed by atoms with Gasteiger partial charge in [-0.05, 0) is 28.4 Å². The minimum Gasteiger partial charge on any atom is -0.493 e. The van der Waals surface area contributed by atoms with E-state index in [0.29, 0.717) is 29.6 Å². The molecule has 1 aromatic carbocycles. The van der Waals surface area contributed by atoms with E-state index in [1.165, 1.54) is 0 Å². The summed E-state index contributed by atoms with van der Waals surface area (Å²) in [5.74, 6) is 1.64. The Balaban J connectivity index is 2.13. The van der Waals surface area contributed by atoms with Gasteiger partial charge in [0.2, 0.25) is 0 Å². The van der Waals surface area contributed by atoms with Crippen LogP contribution in [0.25, 0.3) is 0 Å². The zero-order chi connectivity index (χ0) is 13.0. The van der Waals surface area contributed by atoms with Crippen LogP contribution in [-0.4, -0.2) is 26.9 Å². The van der Waals surface area contributed by atoms with E-state index in [1.807, 2.05) is 0 Å². The first kappa shape index (κ1) is 13.2. The van der Waals surface area contributed by atoms with Crippen LogP contribution in [0.3, 0.4) is 0 Å². The van der Waals surface area contributed by atoms with Crippen molar-refractivity contribution in [3.8, 4) is 17.6 Å². The second kappa shape index (κ2) is 6.07. The number of rotatable bonds is 4. The summed E-state index contributed by atoms with van der Waals surface area (Å²) in [5.41, 5.74) is 0.537. The first-order valence-electron chi connectivity index (χ1n) is 5.72. The molecule has 4 nitrogen and oxygen atoms in total. The Labute approximate surface area is 115 Å². The Hall–Kier alpha value is -1.25. The number of nitriles is 1. The van der Waals surface area contributed by atoms with Gasteiger partial charge in [-0.15, -0.1) is 0 Å². The summed E-state index contributed by atoms with van der Waals surface area (Å²) in [6.07, 6.45) is 1.02. The van der Waals surface area contributed by atoms with Crippen molar-refractivity contribution in [2.75, 3.05) is 26.9 Å². The van der Waals surface area contributed by atoms with E-state index in [2.05, 4.69) is 22.0 Å². The third-order valence-corrected chi connectivity index (χ3v) is 3.43. The molecule has 1 aromatic rings. The third-order valence-electron chi connectivity index (χ3n) is 2.85. The lowest BCUT2D eigenvalue weighted by atomic mass is 10.1. The van der Waals surface area contributed by atoms with Crippen molar-refractivity contribution in [1.82, 2.24) is 0 Å². The molecule has 5 heteroatoms. The zero-order valence-electron chi connectivity index (χ0n) is 10.1. The average Bonchev–Trinajstić information content (AvgIpc) is 2.89. The SMILES string of the molecule is COc1cc(C#N)cc(Br)c1OCC1CCOC1. The molecule has 1 aliphatic rings. The topological polar surface area (TPSA) is 51.5 Å². The van der Waals surface area contributed by atoms with Crippen molar-refractivity contribution in [1.29, 1.82) is 5.26 Å². The normalized spacial score (nSPS) is 18.4. The Morgan fingerprint density at radius 3 is 3.00 bits per heavy atom. The Bertz CT molecular complexity index is 464. The van der Waals surface area contributed by atoms with Gasteiger partial charge in [-0.25, -0.2) is 0 Å². The highest BCUT2D eigenvalue weighted by Gasteiger charge is 2.18. The van der Waals surface area contributed by atoms with Crippen molar-refractivity contribution in [2.24, 2.45) is 5.92 Å². The lowest BCUT2D eigenvalue weighted by Gasteiger charge is -2.15. The molecule has 0 N–H and O–H groups in total. The van der Waals surface area contributed by atoms with Gasteiger partial charge in [-0.1, -0.05) is 0 Å². The highest BCUT2D eigenvalue weighted by atomic mass is 79.9. The van der Waals surface area contributed by atoms with Crippen molar-refractivity contribution >= 4 is 15.9 Å². The molecule has 1 fully saturated rings. The molecule has 0 bridgehead atoms. The minimum absolute atomic E-state index is 0.428. The molecule has 0 spiro atoms. The first-order chi connectivity index (χ1) is 8.74. The Kier molecular flexibility index (Phi) is 4.45. The Morgan fingerprint density at radius 2 is 2.39 bits per heavy atom. The summed E-state index contributed by atoms with van der Waals surface area (Å²) in [6.45, 7) is 2.15. The predicted octanol–water partition coefficient (Wildman–Crippen LogP) is 2.74. The molecule has 0 radical (unpaired) electrons. The summed E-state index contributed by atoms with van der Waals surface area (Å²) in [4.78, 5) is 0. The molecule has 1 atom stereocenters. The van der Waals surface area contributed by atoms with Crippen LogP contribution in [0.1, 0.15) is 12.0 Å². The lowest BCUT2D eigenvalue weighted by Crippen LogP contribution is -2.12. The summed E-state index contributed by atoms with van der Waals surface area (Å²) in [7, 11) is 1.56. The van der Waals surface area contributed by atoms with Crippen molar-refractivity contribution in [2.45, 2.75) is 6.42 Å². The fraction of sp³-hybridized carbons (Fsp3) is 0.462. The van der Waals surface area contributed by atoms with E-state index < -0.39 is 0 Å². The average molecular weight is 312 g/mol. The number of halogens is 1. The minimum atomic E-state index is 0.428. The van der Waals surface area contributed by atoms with Gasteiger partial charge in [0.05, 0.1) is 36.4 Å². The second-order valence-corrected chi connectivity index (χ2v) is 5.00. The number of hydrogen-bond acceptors (Lipinski definition) is 4. The largest absolute Gasteiger partial charge is 0.493 e. The van der Waals surface area contributed by atoms with Crippen LogP contribution in [0.15, 0.2) is 16.6 Å². The van der Waals surface area contributed by atoms with Gasteiger partial charge in [0, 0.05) is 18.6 Å². The molecule has 1 saturated heterocycles. The quantitative estimate of drug-likeness (QED) is 0.858. The molecule has 2 rings (SSSR count). The van der Waals surface area contributed by atoms with Crippen LogP contribution < -0.4 is 9.47 Å². The molecule has 0 amide bonds. The standard InChI is InChI=1S/C13H14BrNO3/c1-16-12-5-10(6-15)4-11(14)13(12)18-8-9-2-3-17-7-9/h4-5,9H,2-3,7-8H2,1H3. The van der Waals surface area contributed by atoms with E-state index >= 15 is 0 Å². The molecule has 1 unspecified atom stereocenters. The molecule has 18 heavy (non-hydrogen) atoms. The van der Waals surface area contributed by atoms with Crippen molar-refractivity contribution in [3.63, 3.8) is 0 Å². The molecule has 0 aromatic heterocycles. The number of benzene rings is 1. The van der Waals surface area contributed by atoms with Crippen LogP contribution in [0.4, 0.5) is 0 Å². The number of methoxy groups -OCH3 is 1. The maximum Gasteiger partial charge on any atom is 0.175 e. The van der Waals surface area contributed by atoms with Gasteiger partial charge in [-0.3, -0.25) is 0 Å². The molecule has 1 aliphatic heterocycles. The molecule has 0 aliphatic carbocycles. The monoisotopic (exact) mass is 311 g/mol. The van der Waals surface area contributed by atoms with Gasteiger partial charge < -0.3 is 14.2 Å². The van der Waals surface area contributed by atoms with Crippen molar-refractivity contribution < 1.29 is 14.2 Å². The van der Waals surface area contributed by atoms with Gasteiger partial charge in [-0.2, -0.15) is 5.26 Å². The van der Waals surface area contributed by atoms with E-state index in [9.17, 15) is 0 Å². The summed E-state index contributed by atoms with van der Waals surface area (Å²) >= 11 is 3.40. The fourth-order valence-electron chi connectivity index (χ4n) is 1.84. The fourth-order valence-corrected chi connectivity index (χ4v) is 2.40. The highest BCUT2D eigenvalue weighted by Crippen LogP contribution is 2.37.